The van der Waals surface area contributed by atoms with Gasteiger partial charge in [-0.15, -0.1) is 0 Å². The van der Waals surface area contributed by atoms with E-state index in [4.69, 9.17) is 10.5 Å². The molecule has 120 valence electrons. The zero-order valence-electron chi connectivity index (χ0n) is 13.3. The van der Waals surface area contributed by atoms with Crippen LogP contribution in [-0.2, 0) is 16.0 Å². The van der Waals surface area contributed by atoms with Gasteiger partial charge in [0.2, 0.25) is 0 Å². The number of aryl methyl sites for hydroxylation is 2. The lowest BCUT2D eigenvalue weighted by Gasteiger charge is -2.13. The molecule has 2 rings (SSSR count). The number of hydrogen-bond acceptors (Lipinski definition) is 4. The first-order chi connectivity index (χ1) is 11.0. The number of rotatable bonds is 5. The highest BCUT2D eigenvalue weighted by Crippen LogP contribution is 2.20. The summed E-state index contributed by atoms with van der Waals surface area (Å²) in [6, 6.07) is 12.2. The fraction of sp³-hybridized carbons (Fsp3) is 0.222. The largest absolute Gasteiger partial charge is 0.452 e. The molecule has 0 saturated heterocycles. The van der Waals surface area contributed by atoms with Gasteiger partial charge >= 0.3 is 5.97 Å². The number of para-hydroxylation sites is 1. The summed E-state index contributed by atoms with van der Waals surface area (Å²) in [4.78, 5) is 23.9. The third-order valence-electron chi connectivity index (χ3n) is 3.49. The van der Waals surface area contributed by atoms with Crippen molar-refractivity contribution in [3.63, 3.8) is 0 Å². The van der Waals surface area contributed by atoms with Crippen LogP contribution < -0.4 is 11.1 Å². The molecule has 0 bridgehead atoms. The Balaban J connectivity index is 1.95. The van der Waals surface area contributed by atoms with Gasteiger partial charge in [-0.25, -0.2) is 4.79 Å². The van der Waals surface area contributed by atoms with Crippen molar-refractivity contribution < 1.29 is 14.3 Å². The van der Waals surface area contributed by atoms with E-state index in [0.717, 1.165) is 23.2 Å². The molecule has 0 unspecified atom stereocenters. The molecule has 0 fully saturated rings. The molecule has 0 atom stereocenters. The summed E-state index contributed by atoms with van der Waals surface area (Å²) in [6.07, 6.45) is 0.808. The summed E-state index contributed by atoms with van der Waals surface area (Å²) >= 11 is 0. The number of hydrogen-bond donors (Lipinski definition) is 2. The SMILES string of the molecule is CCc1cccc(C)c1NC(=O)COC(=O)c1ccc(N)cc1. The number of amides is 1. The van der Waals surface area contributed by atoms with Crippen molar-refractivity contribution in [3.8, 4) is 0 Å². The van der Waals surface area contributed by atoms with Crippen LogP contribution >= 0.6 is 0 Å². The van der Waals surface area contributed by atoms with Crippen LogP contribution in [0.5, 0.6) is 0 Å². The van der Waals surface area contributed by atoms with E-state index in [1.165, 1.54) is 0 Å². The Morgan fingerprint density at radius 3 is 2.48 bits per heavy atom. The first-order valence-corrected chi connectivity index (χ1v) is 7.42. The quantitative estimate of drug-likeness (QED) is 0.657. The summed E-state index contributed by atoms with van der Waals surface area (Å²) in [5, 5.41) is 2.81. The minimum atomic E-state index is -0.555. The van der Waals surface area contributed by atoms with E-state index in [-0.39, 0.29) is 12.5 Å². The minimum Gasteiger partial charge on any atom is -0.452 e. The number of ether oxygens (including phenoxy) is 1. The van der Waals surface area contributed by atoms with Gasteiger partial charge in [-0.1, -0.05) is 25.1 Å². The topological polar surface area (TPSA) is 81.4 Å². The van der Waals surface area contributed by atoms with Gasteiger partial charge in [-0.05, 0) is 48.7 Å². The van der Waals surface area contributed by atoms with Gasteiger partial charge in [-0.2, -0.15) is 0 Å². The van der Waals surface area contributed by atoms with Crippen LogP contribution in [0.2, 0.25) is 0 Å². The van der Waals surface area contributed by atoms with Crippen LogP contribution in [0.1, 0.15) is 28.4 Å². The minimum absolute atomic E-state index is 0.333. The summed E-state index contributed by atoms with van der Waals surface area (Å²) in [7, 11) is 0. The Morgan fingerprint density at radius 2 is 1.83 bits per heavy atom. The molecule has 0 aliphatic carbocycles. The molecule has 0 aliphatic rings. The number of benzene rings is 2. The molecule has 1 amide bonds. The molecule has 0 radical (unpaired) electrons. The number of nitrogens with two attached hydrogens (primary N) is 1. The lowest BCUT2D eigenvalue weighted by atomic mass is 10.1. The number of carbonyl (C=O) groups is 2. The van der Waals surface area contributed by atoms with E-state index in [0.29, 0.717) is 11.3 Å². The molecule has 0 heterocycles. The molecule has 5 heteroatoms. The maximum Gasteiger partial charge on any atom is 0.338 e. The Bertz CT molecular complexity index is 709. The molecule has 23 heavy (non-hydrogen) atoms. The van der Waals surface area contributed by atoms with Crippen LogP contribution in [0.3, 0.4) is 0 Å². The summed E-state index contributed by atoms with van der Waals surface area (Å²) in [5.41, 5.74) is 9.28. The monoisotopic (exact) mass is 312 g/mol. The third kappa shape index (κ3) is 4.32. The van der Waals surface area contributed by atoms with Gasteiger partial charge in [0.1, 0.15) is 0 Å². The highest BCUT2D eigenvalue weighted by Gasteiger charge is 2.12. The van der Waals surface area contributed by atoms with Gasteiger partial charge in [0.15, 0.2) is 6.61 Å². The Morgan fingerprint density at radius 1 is 1.13 bits per heavy atom. The molecule has 5 nitrogen and oxygen atoms in total. The number of carbonyl (C=O) groups excluding carboxylic acids is 2. The maximum atomic E-state index is 12.0. The Hall–Kier alpha value is -2.82. The fourth-order valence-corrected chi connectivity index (χ4v) is 2.21. The van der Waals surface area contributed by atoms with E-state index >= 15 is 0 Å². The summed E-state index contributed by atoms with van der Waals surface area (Å²) in [6.45, 7) is 3.61. The lowest BCUT2D eigenvalue weighted by molar-refractivity contribution is -0.119. The number of nitrogens with one attached hydrogen (secondary N) is 1. The molecular formula is C18H20N2O3. The van der Waals surface area contributed by atoms with Crippen molar-refractivity contribution in [1.29, 1.82) is 0 Å². The number of nitrogen functional groups attached to an aromatic ring is 1. The smallest absolute Gasteiger partial charge is 0.338 e. The van der Waals surface area contributed by atoms with Crippen LogP contribution in [0.25, 0.3) is 0 Å². The molecule has 0 aliphatic heterocycles. The van der Waals surface area contributed by atoms with E-state index in [1.54, 1.807) is 24.3 Å². The van der Waals surface area contributed by atoms with Crippen molar-refractivity contribution in [2.75, 3.05) is 17.7 Å². The van der Waals surface area contributed by atoms with Crippen molar-refractivity contribution in [1.82, 2.24) is 0 Å². The van der Waals surface area contributed by atoms with Crippen molar-refractivity contribution in [2.24, 2.45) is 0 Å². The highest BCUT2D eigenvalue weighted by atomic mass is 16.5. The van der Waals surface area contributed by atoms with Crippen molar-refractivity contribution >= 4 is 23.3 Å². The standard InChI is InChI=1S/C18H20N2O3/c1-3-13-6-4-5-12(2)17(13)20-16(21)11-23-18(22)14-7-9-15(19)10-8-14/h4-10H,3,11,19H2,1-2H3,(H,20,21). The maximum absolute atomic E-state index is 12.0. The first kappa shape index (κ1) is 16.5. The zero-order chi connectivity index (χ0) is 16.8. The Kier molecular flexibility index (Phi) is 5.36. The van der Waals surface area contributed by atoms with E-state index in [2.05, 4.69) is 5.32 Å². The van der Waals surface area contributed by atoms with Crippen molar-refractivity contribution in [3.05, 3.63) is 59.2 Å². The zero-order valence-corrected chi connectivity index (χ0v) is 13.3. The first-order valence-electron chi connectivity index (χ1n) is 7.42. The van der Waals surface area contributed by atoms with Gasteiger partial charge in [0.05, 0.1) is 5.56 Å². The highest BCUT2D eigenvalue weighted by molar-refractivity contribution is 5.96. The molecule has 2 aromatic carbocycles. The molecule has 2 aromatic rings. The number of esters is 1. The second-order valence-electron chi connectivity index (χ2n) is 5.21. The van der Waals surface area contributed by atoms with Crippen LogP contribution in [0.4, 0.5) is 11.4 Å². The van der Waals surface area contributed by atoms with E-state index in [1.807, 2.05) is 32.0 Å². The second-order valence-corrected chi connectivity index (χ2v) is 5.21. The fourth-order valence-electron chi connectivity index (χ4n) is 2.21. The van der Waals surface area contributed by atoms with Gasteiger partial charge < -0.3 is 15.8 Å². The van der Waals surface area contributed by atoms with Crippen LogP contribution in [-0.4, -0.2) is 18.5 Å². The normalized spacial score (nSPS) is 10.2. The molecule has 3 N–H and O–H groups in total. The van der Waals surface area contributed by atoms with Gasteiger partial charge in [0, 0.05) is 11.4 Å². The van der Waals surface area contributed by atoms with Crippen LogP contribution in [0.15, 0.2) is 42.5 Å². The van der Waals surface area contributed by atoms with Crippen LogP contribution in [0, 0.1) is 6.92 Å². The average Bonchev–Trinajstić information content (AvgIpc) is 2.55. The van der Waals surface area contributed by atoms with Gasteiger partial charge in [0.25, 0.3) is 5.91 Å². The van der Waals surface area contributed by atoms with E-state index in [9.17, 15) is 9.59 Å². The molecule has 0 spiro atoms. The summed E-state index contributed by atoms with van der Waals surface area (Å²) in [5.74, 6) is -0.918. The third-order valence-corrected chi connectivity index (χ3v) is 3.49. The molecule has 0 saturated carbocycles. The second kappa shape index (κ2) is 7.45. The Labute approximate surface area is 135 Å². The number of anilines is 2. The predicted molar refractivity (Wildman–Crippen MR) is 90.3 cm³/mol. The average molecular weight is 312 g/mol. The molecular weight excluding hydrogens is 292 g/mol. The van der Waals surface area contributed by atoms with E-state index < -0.39 is 5.97 Å². The predicted octanol–water partition coefficient (Wildman–Crippen LogP) is 2.94. The lowest BCUT2D eigenvalue weighted by Crippen LogP contribution is -2.22. The molecule has 0 aromatic heterocycles. The van der Waals surface area contributed by atoms with Crippen molar-refractivity contribution in [2.45, 2.75) is 20.3 Å². The summed E-state index contributed by atoms with van der Waals surface area (Å²) < 4.78 is 5.02. The van der Waals surface area contributed by atoms with Gasteiger partial charge in [-0.3, -0.25) is 4.79 Å².